The Hall–Kier alpha value is -0.480. The first-order valence-corrected chi connectivity index (χ1v) is 7.74. The molecule has 1 unspecified atom stereocenters. The van der Waals surface area contributed by atoms with Gasteiger partial charge in [-0.05, 0) is 35.9 Å². The highest BCUT2D eigenvalue weighted by molar-refractivity contribution is 9.10. The Morgan fingerprint density at radius 2 is 2.12 bits per heavy atom. The molecule has 1 amide bonds. The van der Waals surface area contributed by atoms with E-state index in [4.69, 9.17) is 0 Å². The molecular formula is C13H16BrNOS. The standard InChI is InChI=1S/C13H16BrNOS/c1-10-8-15(6-7-17-9-10)13(16)11-2-4-12(14)5-3-11/h2-5,10H,6-9H2,1H3. The smallest absolute Gasteiger partial charge is 0.253 e. The first kappa shape index (κ1) is 13.0. The van der Waals surface area contributed by atoms with Gasteiger partial charge in [-0.2, -0.15) is 11.8 Å². The van der Waals surface area contributed by atoms with Gasteiger partial charge in [-0.3, -0.25) is 4.79 Å². The van der Waals surface area contributed by atoms with Crippen LogP contribution in [-0.4, -0.2) is 35.4 Å². The molecule has 1 aliphatic heterocycles. The first-order valence-electron chi connectivity index (χ1n) is 5.79. The molecular weight excluding hydrogens is 298 g/mol. The predicted molar refractivity (Wildman–Crippen MR) is 76.5 cm³/mol. The Kier molecular flexibility index (Phi) is 4.51. The van der Waals surface area contributed by atoms with E-state index in [2.05, 4.69) is 22.9 Å². The summed E-state index contributed by atoms with van der Waals surface area (Å²) in [6, 6.07) is 7.61. The van der Waals surface area contributed by atoms with Crippen molar-refractivity contribution in [3.8, 4) is 0 Å². The number of amides is 1. The number of carbonyl (C=O) groups excluding carboxylic acids is 1. The van der Waals surface area contributed by atoms with Gasteiger partial charge in [0.15, 0.2) is 0 Å². The van der Waals surface area contributed by atoms with Crippen LogP contribution in [0.3, 0.4) is 0 Å². The molecule has 0 spiro atoms. The van der Waals surface area contributed by atoms with E-state index in [9.17, 15) is 4.79 Å². The third-order valence-corrected chi connectivity index (χ3v) is 4.62. The van der Waals surface area contributed by atoms with E-state index in [1.807, 2.05) is 40.9 Å². The number of carbonyl (C=O) groups is 1. The van der Waals surface area contributed by atoms with Gasteiger partial charge in [0.2, 0.25) is 0 Å². The van der Waals surface area contributed by atoms with Crippen molar-refractivity contribution in [1.82, 2.24) is 4.90 Å². The summed E-state index contributed by atoms with van der Waals surface area (Å²) < 4.78 is 1.01. The SMILES string of the molecule is CC1CSCCN(C(=O)c2ccc(Br)cc2)C1. The predicted octanol–water partition coefficient (Wildman–Crippen LogP) is 3.27. The van der Waals surface area contributed by atoms with Crippen LogP contribution in [0.4, 0.5) is 0 Å². The Morgan fingerprint density at radius 3 is 2.82 bits per heavy atom. The maximum atomic E-state index is 12.3. The van der Waals surface area contributed by atoms with Crippen molar-refractivity contribution in [2.45, 2.75) is 6.92 Å². The molecule has 0 aliphatic carbocycles. The summed E-state index contributed by atoms with van der Waals surface area (Å²) >= 11 is 5.33. The van der Waals surface area contributed by atoms with Gasteiger partial charge in [-0.1, -0.05) is 22.9 Å². The molecule has 1 aromatic carbocycles. The molecule has 92 valence electrons. The summed E-state index contributed by atoms with van der Waals surface area (Å²) in [6.07, 6.45) is 0. The van der Waals surface area contributed by atoms with Crippen molar-refractivity contribution in [3.63, 3.8) is 0 Å². The molecule has 1 aliphatic rings. The average Bonchev–Trinajstić information content (AvgIpc) is 2.54. The quantitative estimate of drug-likeness (QED) is 0.793. The zero-order chi connectivity index (χ0) is 12.3. The fourth-order valence-electron chi connectivity index (χ4n) is 1.94. The molecule has 0 aromatic heterocycles. The van der Waals surface area contributed by atoms with Gasteiger partial charge < -0.3 is 4.90 Å². The topological polar surface area (TPSA) is 20.3 Å². The number of rotatable bonds is 1. The first-order chi connectivity index (χ1) is 8.16. The van der Waals surface area contributed by atoms with E-state index in [1.54, 1.807) is 0 Å². The van der Waals surface area contributed by atoms with Crippen LogP contribution < -0.4 is 0 Å². The minimum atomic E-state index is 0.159. The highest BCUT2D eigenvalue weighted by Gasteiger charge is 2.20. The molecule has 0 saturated carbocycles. The molecule has 1 aromatic rings. The van der Waals surface area contributed by atoms with Gasteiger partial charge in [0, 0.05) is 28.9 Å². The summed E-state index contributed by atoms with van der Waals surface area (Å²) in [6.45, 7) is 3.95. The van der Waals surface area contributed by atoms with Crippen molar-refractivity contribution in [2.75, 3.05) is 24.6 Å². The zero-order valence-electron chi connectivity index (χ0n) is 9.86. The molecule has 2 rings (SSSR count). The van der Waals surface area contributed by atoms with Crippen LogP contribution in [0, 0.1) is 5.92 Å². The lowest BCUT2D eigenvalue weighted by Crippen LogP contribution is -2.35. The summed E-state index contributed by atoms with van der Waals surface area (Å²) in [5.41, 5.74) is 0.785. The van der Waals surface area contributed by atoms with Gasteiger partial charge in [0.25, 0.3) is 5.91 Å². The highest BCUT2D eigenvalue weighted by Crippen LogP contribution is 2.18. The minimum absolute atomic E-state index is 0.159. The van der Waals surface area contributed by atoms with E-state index >= 15 is 0 Å². The maximum absolute atomic E-state index is 12.3. The zero-order valence-corrected chi connectivity index (χ0v) is 12.3. The van der Waals surface area contributed by atoms with Crippen molar-refractivity contribution in [3.05, 3.63) is 34.3 Å². The van der Waals surface area contributed by atoms with Crippen LogP contribution >= 0.6 is 27.7 Å². The number of halogens is 1. The molecule has 1 saturated heterocycles. The third-order valence-electron chi connectivity index (χ3n) is 2.82. The summed E-state index contributed by atoms with van der Waals surface area (Å²) in [5.74, 6) is 2.95. The van der Waals surface area contributed by atoms with E-state index in [1.165, 1.54) is 0 Å². The van der Waals surface area contributed by atoms with Crippen molar-refractivity contribution < 1.29 is 4.79 Å². The monoisotopic (exact) mass is 313 g/mol. The summed E-state index contributed by atoms with van der Waals surface area (Å²) in [5, 5.41) is 0. The second-order valence-corrected chi connectivity index (χ2v) is 6.50. The lowest BCUT2D eigenvalue weighted by molar-refractivity contribution is 0.0751. The Balaban J connectivity index is 2.10. The molecule has 0 N–H and O–H groups in total. The Labute approximate surface area is 115 Å². The van der Waals surface area contributed by atoms with Crippen molar-refractivity contribution in [1.29, 1.82) is 0 Å². The Morgan fingerprint density at radius 1 is 1.41 bits per heavy atom. The highest BCUT2D eigenvalue weighted by atomic mass is 79.9. The molecule has 4 heteroatoms. The molecule has 2 nitrogen and oxygen atoms in total. The molecule has 1 heterocycles. The van der Waals surface area contributed by atoms with Gasteiger partial charge in [-0.25, -0.2) is 0 Å². The normalized spacial score (nSPS) is 21.1. The molecule has 0 radical (unpaired) electrons. The average molecular weight is 314 g/mol. The van der Waals surface area contributed by atoms with E-state index < -0.39 is 0 Å². The molecule has 17 heavy (non-hydrogen) atoms. The van der Waals surface area contributed by atoms with E-state index in [0.717, 1.165) is 34.6 Å². The fraction of sp³-hybridized carbons (Fsp3) is 0.462. The lowest BCUT2D eigenvalue weighted by Gasteiger charge is -2.22. The van der Waals surface area contributed by atoms with Crippen LogP contribution in [0.15, 0.2) is 28.7 Å². The van der Waals surface area contributed by atoms with Crippen LogP contribution in [0.25, 0.3) is 0 Å². The second kappa shape index (κ2) is 5.91. The molecule has 0 bridgehead atoms. The van der Waals surface area contributed by atoms with Crippen LogP contribution in [0.2, 0.25) is 0 Å². The fourth-order valence-corrected chi connectivity index (χ4v) is 3.23. The summed E-state index contributed by atoms with van der Waals surface area (Å²) in [7, 11) is 0. The number of hydrogen-bond donors (Lipinski definition) is 0. The molecule has 1 atom stereocenters. The second-order valence-electron chi connectivity index (χ2n) is 4.44. The van der Waals surface area contributed by atoms with Gasteiger partial charge in [0.1, 0.15) is 0 Å². The maximum Gasteiger partial charge on any atom is 0.253 e. The lowest BCUT2D eigenvalue weighted by atomic mass is 10.1. The van der Waals surface area contributed by atoms with Crippen LogP contribution in [0.5, 0.6) is 0 Å². The van der Waals surface area contributed by atoms with Crippen LogP contribution in [-0.2, 0) is 0 Å². The number of thioether (sulfide) groups is 1. The third kappa shape index (κ3) is 3.49. The number of hydrogen-bond acceptors (Lipinski definition) is 2. The molecule has 1 fully saturated rings. The Bertz CT molecular complexity index is 393. The van der Waals surface area contributed by atoms with E-state index in [-0.39, 0.29) is 5.91 Å². The summed E-state index contributed by atoms with van der Waals surface area (Å²) in [4.78, 5) is 14.3. The van der Waals surface area contributed by atoms with Gasteiger partial charge in [-0.15, -0.1) is 0 Å². The number of nitrogens with zero attached hydrogens (tertiary/aromatic N) is 1. The van der Waals surface area contributed by atoms with Crippen molar-refractivity contribution >= 4 is 33.6 Å². The van der Waals surface area contributed by atoms with E-state index in [0.29, 0.717) is 5.92 Å². The van der Waals surface area contributed by atoms with Crippen LogP contribution in [0.1, 0.15) is 17.3 Å². The van der Waals surface area contributed by atoms with Crippen molar-refractivity contribution in [2.24, 2.45) is 5.92 Å². The number of benzene rings is 1. The minimum Gasteiger partial charge on any atom is -0.338 e. The van der Waals surface area contributed by atoms with Gasteiger partial charge in [0.05, 0.1) is 0 Å². The largest absolute Gasteiger partial charge is 0.338 e. The van der Waals surface area contributed by atoms with Gasteiger partial charge >= 0.3 is 0 Å².